The second kappa shape index (κ2) is 7.22. The van der Waals surface area contributed by atoms with Gasteiger partial charge in [-0.3, -0.25) is 14.3 Å². The highest BCUT2D eigenvalue weighted by molar-refractivity contribution is 6.32. The quantitative estimate of drug-likeness (QED) is 0.576. The Hall–Kier alpha value is -2.78. The van der Waals surface area contributed by atoms with E-state index in [1.807, 2.05) is 0 Å². The predicted octanol–water partition coefficient (Wildman–Crippen LogP) is 0.558. The minimum absolute atomic E-state index is 0.0315. The number of rotatable bonds is 6. The third kappa shape index (κ3) is 3.31. The number of aromatic nitrogens is 4. The molecule has 2 aromatic heterocycles. The van der Waals surface area contributed by atoms with E-state index in [1.165, 1.54) is 16.2 Å². The molecule has 0 unspecified atom stereocenters. The Kier molecular flexibility index (Phi) is 5.01. The molecule has 3 aromatic rings. The molecule has 0 fully saturated rings. The SMILES string of the molecule is CNc1nc2c(c(=O)[nH]c(=O)n2C)n1C[C@@H](O)COc1ccccc1Cl. The van der Waals surface area contributed by atoms with Crippen LogP contribution in [-0.2, 0) is 13.6 Å². The van der Waals surface area contributed by atoms with Crippen LogP contribution in [0.3, 0.4) is 0 Å². The third-order valence-electron chi connectivity index (χ3n) is 3.89. The molecule has 0 amide bonds. The number of benzene rings is 1. The highest BCUT2D eigenvalue weighted by Crippen LogP contribution is 2.23. The van der Waals surface area contributed by atoms with Crippen molar-refractivity contribution < 1.29 is 9.84 Å². The van der Waals surface area contributed by atoms with E-state index >= 15 is 0 Å². The number of nitrogens with one attached hydrogen (secondary N) is 2. The van der Waals surface area contributed by atoms with Crippen molar-refractivity contribution in [1.29, 1.82) is 0 Å². The first-order valence-corrected chi connectivity index (χ1v) is 8.23. The smallest absolute Gasteiger partial charge is 0.329 e. The zero-order valence-corrected chi connectivity index (χ0v) is 14.9. The van der Waals surface area contributed by atoms with E-state index in [9.17, 15) is 14.7 Å². The van der Waals surface area contributed by atoms with Crippen molar-refractivity contribution in [3.63, 3.8) is 0 Å². The molecule has 0 aliphatic carbocycles. The number of imidazole rings is 1. The lowest BCUT2D eigenvalue weighted by Crippen LogP contribution is -2.30. The number of ether oxygens (including phenoxy) is 1. The topological polar surface area (TPSA) is 114 Å². The second-order valence-corrected chi connectivity index (χ2v) is 6.09. The molecule has 2 heterocycles. The lowest BCUT2D eigenvalue weighted by Gasteiger charge is -2.15. The summed E-state index contributed by atoms with van der Waals surface area (Å²) in [6, 6.07) is 6.93. The van der Waals surface area contributed by atoms with Gasteiger partial charge in [0.25, 0.3) is 5.56 Å². The third-order valence-corrected chi connectivity index (χ3v) is 4.20. The fourth-order valence-corrected chi connectivity index (χ4v) is 2.80. The predicted molar refractivity (Wildman–Crippen MR) is 98.1 cm³/mol. The molecule has 0 aliphatic rings. The second-order valence-electron chi connectivity index (χ2n) is 5.68. The average Bonchev–Trinajstić information content (AvgIpc) is 2.98. The van der Waals surface area contributed by atoms with Crippen molar-refractivity contribution in [1.82, 2.24) is 19.1 Å². The lowest BCUT2D eigenvalue weighted by molar-refractivity contribution is 0.0939. The van der Waals surface area contributed by atoms with Crippen LogP contribution in [0.4, 0.5) is 5.95 Å². The molecule has 3 rings (SSSR count). The molecule has 1 atom stereocenters. The molecule has 10 heteroatoms. The molecule has 9 nitrogen and oxygen atoms in total. The van der Waals surface area contributed by atoms with Gasteiger partial charge in [0.2, 0.25) is 5.95 Å². The van der Waals surface area contributed by atoms with Crippen LogP contribution < -0.4 is 21.3 Å². The summed E-state index contributed by atoms with van der Waals surface area (Å²) in [5, 5.41) is 13.6. The van der Waals surface area contributed by atoms with Gasteiger partial charge in [0.15, 0.2) is 11.2 Å². The van der Waals surface area contributed by atoms with E-state index in [0.717, 1.165) is 0 Å². The number of hydrogen-bond donors (Lipinski definition) is 3. The van der Waals surface area contributed by atoms with E-state index in [-0.39, 0.29) is 24.3 Å². The number of para-hydroxylation sites is 1. The molecular formula is C16H18ClN5O4. The summed E-state index contributed by atoms with van der Waals surface area (Å²) < 4.78 is 8.27. The van der Waals surface area contributed by atoms with Gasteiger partial charge in [-0.25, -0.2) is 4.79 Å². The largest absolute Gasteiger partial charge is 0.489 e. The molecule has 1 aromatic carbocycles. The van der Waals surface area contributed by atoms with Crippen molar-refractivity contribution in [2.24, 2.45) is 7.05 Å². The molecule has 0 radical (unpaired) electrons. The van der Waals surface area contributed by atoms with E-state index in [0.29, 0.717) is 16.7 Å². The van der Waals surface area contributed by atoms with Gasteiger partial charge in [0, 0.05) is 14.1 Å². The van der Waals surface area contributed by atoms with Gasteiger partial charge in [0.1, 0.15) is 18.5 Å². The number of aryl methyl sites for hydroxylation is 1. The maximum absolute atomic E-state index is 12.2. The van der Waals surface area contributed by atoms with Crippen molar-refractivity contribution in [2.75, 3.05) is 19.0 Å². The van der Waals surface area contributed by atoms with Gasteiger partial charge in [-0.1, -0.05) is 23.7 Å². The molecule has 0 saturated heterocycles. The van der Waals surface area contributed by atoms with E-state index in [1.54, 1.807) is 31.3 Å². The van der Waals surface area contributed by atoms with E-state index < -0.39 is 17.4 Å². The summed E-state index contributed by atoms with van der Waals surface area (Å²) in [4.78, 5) is 30.4. The minimum Gasteiger partial charge on any atom is -0.489 e. The number of aliphatic hydroxyl groups is 1. The van der Waals surface area contributed by atoms with E-state index in [2.05, 4.69) is 15.3 Å². The fourth-order valence-electron chi connectivity index (χ4n) is 2.61. The summed E-state index contributed by atoms with van der Waals surface area (Å²) in [6.07, 6.45) is -0.938. The first-order valence-electron chi connectivity index (χ1n) is 7.85. The molecule has 3 N–H and O–H groups in total. The lowest BCUT2D eigenvalue weighted by atomic mass is 10.3. The van der Waals surface area contributed by atoms with E-state index in [4.69, 9.17) is 16.3 Å². The van der Waals surface area contributed by atoms with Crippen LogP contribution in [0.2, 0.25) is 5.02 Å². The molecule has 0 spiro atoms. The average molecular weight is 380 g/mol. The Bertz CT molecular complexity index is 1050. The molecular weight excluding hydrogens is 362 g/mol. The van der Waals surface area contributed by atoms with Crippen LogP contribution in [0.15, 0.2) is 33.9 Å². The summed E-state index contributed by atoms with van der Waals surface area (Å²) in [5.41, 5.74) is -0.718. The first kappa shape index (κ1) is 18.0. The zero-order valence-electron chi connectivity index (χ0n) is 14.2. The zero-order chi connectivity index (χ0) is 18.8. The molecule has 138 valence electrons. The van der Waals surface area contributed by atoms with Gasteiger partial charge >= 0.3 is 5.69 Å². The van der Waals surface area contributed by atoms with Crippen LogP contribution in [0.1, 0.15) is 0 Å². The van der Waals surface area contributed by atoms with Gasteiger partial charge in [-0.15, -0.1) is 0 Å². The molecule has 0 saturated carbocycles. The van der Waals surface area contributed by atoms with Gasteiger partial charge in [0.05, 0.1) is 11.6 Å². The van der Waals surface area contributed by atoms with Crippen LogP contribution >= 0.6 is 11.6 Å². The van der Waals surface area contributed by atoms with Gasteiger partial charge < -0.3 is 19.7 Å². The van der Waals surface area contributed by atoms with Crippen LogP contribution in [0.5, 0.6) is 5.75 Å². The minimum atomic E-state index is -0.938. The summed E-state index contributed by atoms with van der Waals surface area (Å²) >= 11 is 6.02. The monoisotopic (exact) mass is 379 g/mol. The van der Waals surface area contributed by atoms with Crippen molar-refractivity contribution in [3.8, 4) is 5.75 Å². The van der Waals surface area contributed by atoms with Crippen LogP contribution in [0, 0.1) is 0 Å². The maximum Gasteiger partial charge on any atom is 0.329 e. The fraction of sp³-hybridized carbons (Fsp3) is 0.312. The van der Waals surface area contributed by atoms with Crippen molar-refractivity contribution >= 4 is 28.7 Å². The number of halogens is 1. The van der Waals surface area contributed by atoms with Crippen molar-refractivity contribution in [2.45, 2.75) is 12.6 Å². The van der Waals surface area contributed by atoms with Crippen molar-refractivity contribution in [3.05, 3.63) is 50.1 Å². The standard InChI is InChI=1S/C16H18ClN5O4/c1-18-15-19-13-12(14(24)20-16(25)21(13)2)22(15)7-9(23)8-26-11-6-4-3-5-10(11)17/h3-6,9,23H,7-8H2,1-2H3,(H,18,19)(H,20,24,25)/t9-/m1/s1. The first-order chi connectivity index (χ1) is 12.4. The number of aliphatic hydroxyl groups excluding tert-OH is 1. The Morgan fingerprint density at radius 3 is 2.81 bits per heavy atom. The number of H-pyrrole nitrogens is 1. The highest BCUT2D eigenvalue weighted by Gasteiger charge is 2.19. The number of anilines is 1. The summed E-state index contributed by atoms with van der Waals surface area (Å²) in [5.74, 6) is 0.807. The van der Waals surface area contributed by atoms with Gasteiger partial charge in [-0.2, -0.15) is 4.98 Å². The van der Waals surface area contributed by atoms with Crippen LogP contribution in [-0.4, -0.2) is 44.0 Å². The summed E-state index contributed by atoms with van der Waals surface area (Å²) in [7, 11) is 3.14. The number of aromatic amines is 1. The maximum atomic E-state index is 12.2. The Balaban J connectivity index is 1.88. The summed E-state index contributed by atoms with van der Waals surface area (Å²) in [6.45, 7) is 0.00857. The number of fused-ring (bicyclic) bond motifs is 1. The number of nitrogens with zero attached hydrogens (tertiary/aromatic N) is 3. The Labute approximate surface area is 152 Å². The molecule has 0 aliphatic heterocycles. The molecule has 0 bridgehead atoms. The number of hydrogen-bond acceptors (Lipinski definition) is 6. The van der Waals surface area contributed by atoms with Crippen LogP contribution in [0.25, 0.3) is 11.2 Å². The Morgan fingerprint density at radius 2 is 2.12 bits per heavy atom. The Morgan fingerprint density at radius 1 is 1.38 bits per heavy atom. The normalized spacial score (nSPS) is 12.3. The van der Waals surface area contributed by atoms with Gasteiger partial charge in [-0.05, 0) is 12.1 Å². The molecule has 26 heavy (non-hydrogen) atoms. The highest BCUT2D eigenvalue weighted by atomic mass is 35.5.